The summed E-state index contributed by atoms with van der Waals surface area (Å²) in [5, 5.41) is 4.02. The van der Waals surface area contributed by atoms with Gasteiger partial charge in [-0.2, -0.15) is 0 Å². The van der Waals surface area contributed by atoms with E-state index < -0.39 is 0 Å². The van der Waals surface area contributed by atoms with Crippen LogP contribution in [0.3, 0.4) is 0 Å². The van der Waals surface area contributed by atoms with E-state index in [1.807, 2.05) is 30.0 Å². The molecule has 0 aromatic heterocycles. The van der Waals surface area contributed by atoms with E-state index in [-0.39, 0.29) is 5.91 Å². The van der Waals surface area contributed by atoms with Gasteiger partial charge in [-0.15, -0.1) is 0 Å². The molecular weight excluding hydrogens is 272 g/mol. The van der Waals surface area contributed by atoms with Crippen LogP contribution in [0.2, 0.25) is 5.02 Å². The van der Waals surface area contributed by atoms with Gasteiger partial charge in [0.15, 0.2) is 0 Å². The summed E-state index contributed by atoms with van der Waals surface area (Å²) >= 11 is 5.98. The molecule has 3 nitrogen and oxygen atoms in total. The van der Waals surface area contributed by atoms with Crippen molar-refractivity contribution in [2.75, 3.05) is 25.0 Å². The number of benzene rings is 1. The third-order valence-corrected chi connectivity index (χ3v) is 4.10. The molecule has 2 rings (SSSR count). The zero-order valence-electron chi connectivity index (χ0n) is 12.3. The van der Waals surface area contributed by atoms with Gasteiger partial charge in [-0.05, 0) is 43.4 Å². The van der Waals surface area contributed by atoms with Crippen LogP contribution in [-0.2, 0) is 4.79 Å². The lowest BCUT2D eigenvalue weighted by Crippen LogP contribution is -2.39. The fourth-order valence-corrected chi connectivity index (χ4v) is 2.83. The first kappa shape index (κ1) is 15.2. The average molecular weight is 295 g/mol. The van der Waals surface area contributed by atoms with Gasteiger partial charge in [0.2, 0.25) is 5.91 Å². The number of anilines is 1. The quantitative estimate of drug-likeness (QED) is 0.918. The van der Waals surface area contributed by atoms with Gasteiger partial charge in [0.1, 0.15) is 0 Å². The number of nitrogens with one attached hydrogen (secondary N) is 1. The molecule has 20 heavy (non-hydrogen) atoms. The molecule has 1 aliphatic rings. The molecule has 1 aliphatic heterocycles. The Balaban J connectivity index is 1.80. The van der Waals surface area contributed by atoms with Gasteiger partial charge in [0, 0.05) is 36.8 Å². The molecule has 1 aromatic carbocycles. The third kappa shape index (κ3) is 4.14. The van der Waals surface area contributed by atoms with Gasteiger partial charge < -0.3 is 10.2 Å². The van der Waals surface area contributed by atoms with Crippen LogP contribution < -0.4 is 5.32 Å². The molecule has 0 radical (unpaired) electrons. The van der Waals surface area contributed by atoms with E-state index in [0.29, 0.717) is 23.9 Å². The molecule has 0 spiro atoms. The van der Waals surface area contributed by atoms with E-state index in [1.54, 1.807) is 0 Å². The summed E-state index contributed by atoms with van der Waals surface area (Å²) in [6.45, 7) is 6.74. The largest absolute Gasteiger partial charge is 0.384 e. The van der Waals surface area contributed by atoms with Gasteiger partial charge in [-0.1, -0.05) is 24.6 Å². The van der Waals surface area contributed by atoms with E-state index in [4.69, 9.17) is 11.6 Å². The zero-order valence-corrected chi connectivity index (χ0v) is 13.0. The molecular formula is C16H23ClN2O. The van der Waals surface area contributed by atoms with Gasteiger partial charge in [-0.3, -0.25) is 4.79 Å². The van der Waals surface area contributed by atoms with Crippen LogP contribution in [0.1, 0.15) is 31.7 Å². The van der Waals surface area contributed by atoms with E-state index >= 15 is 0 Å². The van der Waals surface area contributed by atoms with Crippen LogP contribution >= 0.6 is 11.6 Å². The fraction of sp³-hybridized carbons (Fsp3) is 0.562. The molecule has 1 amide bonds. The maximum Gasteiger partial charge on any atom is 0.224 e. The van der Waals surface area contributed by atoms with Crippen LogP contribution in [-0.4, -0.2) is 30.4 Å². The molecule has 1 N–H and O–H groups in total. The van der Waals surface area contributed by atoms with Crippen molar-refractivity contribution < 1.29 is 4.79 Å². The van der Waals surface area contributed by atoms with Gasteiger partial charge in [0.25, 0.3) is 0 Å². The average Bonchev–Trinajstić information content (AvgIpc) is 2.42. The highest BCUT2D eigenvalue weighted by Gasteiger charge is 2.20. The summed E-state index contributed by atoms with van der Waals surface area (Å²) in [6, 6.07) is 5.77. The molecule has 1 atom stereocenters. The number of aryl methyl sites for hydroxylation is 1. The van der Waals surface area contributed by atoms with Crippen LogP contribution in [0.25, 0.3) is 0 Å². The monoisotopic (exact) mass is 294 g/mol. The Morgan fingerprint density at radius 2 is 2.30 bits per heavy atom. The number of carbonyl (C=O) groups excluding carboxylic acids is 1. The number of piperidine rings is 1. The SMILES string of the molecule is Cc1ccc(Cl)cc1NCCC(=O)N1CCCC(C)C1. The molecule has 0 saturated carbocycles. The number of carbonyl (C=O) groups is 1. The normalized spacial score (nSPS) is 18.9. The number of hydrogen-bond acceptors (Lipinski definition) is 2. The predicted molar refractivity (Wildman–Crippen MR) is 84.3 cm³/mol. The molecule has 1 heterocycles. The lowest BCUT2D eigenvalue weighted by molar-refractivity contribution is -0.132. The molecule has 1 unspecified atom stereocenters. The summed E-state index contributed by atoms with van der Waals surface area (Å²) in [7, 11) is 0. The molecule has 1 fully saturated rings. The van der Waals surface area contributed by atoms with E-state index in [9.17, 15) is 4.79 Å². The highest BCUT2D eigenvalue weighted by molar-refractivity contribution is 6.30. The second kappa shape index (κ2) is 6.98. The summed E-state index contributed by atoms with van der Waals surface area (Å²) in [5.41, 5.74) is 2.16. The summed E-state index contributed by atoms with van der Waals surface area (Å²) in [4.78, 5) is 14.1. The molecule has 4 heteroatoms. The van der Waals surface area contributed by atoms with Crippen molar-refractivity contribution in [2.45, 2.75) is 33.1 Å². The Bertz CT molecular complexity index is 476. The zero-order chi connectivity index (χ0) is 14.5. The minimum absolute atomic E-state index is 0.253. The first-order valence-electron chi connectivity index (χ1n) is 7.34. The van der Waals surface area contributed by atoms with Crippen molar-refractivity contribution in [3.05, 3.63) is 28.8 Å². The third-order valence-electron chi connectivity index (χ3n) is 3.86. The highest BCUT2D eigenvalue weighted by atomic mass is 35.5. The lowest BCUT2D eigenvalue weighted by atomic mass is 10.00. The first-order valence-corrected chi connectivity index (χ1v) is 7.72. The van der Waals surface area contributed by atoms with Crippen molar-refractivity contribution in [1.29, 1.82) is 0 Å². The molecule has 0 aliphatic carbocycles. The van der Waals surface area contributed by atoms with E-state index in [1.165, 1.54) is 6.42 Å². The lowest BCUT2D eigenvalue weighted by Gasteiger charge is -2.31. The Labute approximate surface area is 126 Å². The topological polar surface area (TPSA) is 32.3 Å². The van der Waals surface area contributed by atoms with E-state index in [2.05, 4.69) is 12.2 Å². The Morgan fingerprint density at radius 1 is 1.50 bits per heavy atom. The van der Waals surface area contributed by atoms with E-state index in [0.717, 1.165) is 30.8 Å². The Hall–Kier alpha value is -1.22. The van der Waals surface area contributed by atoms with Crippen LogP contribution in [0.15, 0.2) is 18.2 Å². The summed E-state index contributed by atoms with van der Waals surface area (Å²) in [5.74, 6) is 0.888. The van der Waals surface area contributed by atoms with Crippen molar-refractivity contribution in [3.63, 3.8) is 0 Å². The molecule has 110 valence electrons. The molecule has 1 saturated heterocycles. The van der Waals surface area contributed by atoms with Crippen LogP contribution in [0, 0.1) is 12.8 Å². The Kier molecular flexibility index (Phi) is 5.30. The molecule has 1 aromatic rings. The van der Waals surface area contributed by atoms with Crippen molar-refractivity contribution in [2.24, 2.45) is 5.92 Å². The maximum atomic E-state index is 12.1. The minimum Gasteiger partial charge on any atom is -0.384 e. The van der Waals surface area contributed by atoms with Crippen LogP contribution in [0.5, 0.6) is 0 Å². The Morgan fingerprint density at radius 3 is 3.05 bits per heavy atom. The number of amides is 1. The number of rotatable bonds is 4. The number of halogens is 1. The summed E-state index contributed by atoms with van der Waals surface area (Å²) in [6.07, 6.45) is 2.91. The summed E-state index contributed by atoms with van der Waals surface area (Å²) < 4.78 is 0. The highest BCUT2D eigenvalue weighted by Crippen LogP contribution is 2.20. The van der Waals surface area contributed by atoms with Crippen LogP contribution in [0.4, 0.5) is 5.69 Å². The minimum atomic E-state index is 0.253. The second-order valence-electron chi connectivity index (χ2n) is 5.72. The predicted octanol–water partition coefficient (Wildman–Crippen LogP) is 3.71. The second-order valence-corrected chi connectivity index (χ2v) is 6.16. The van der Waals surface area contributed by atoms with Gasteiger partial charge >= 0.3 is 0 Å². The fourth-order valence-electron chi connectivity index (χ4n) is 2.66. The van der Waals surface area contributed by atoms with Crippen molar-refractivity contribution >= 4 is 23.2 Å². The maximum absolute atomic E-state index is 12.1. The number of nitrogens with zero attached hydrogens (tertiary/aromatic N) is 1. The van der Waals surface area contributed by atoms with Gasteiger partial charge in [0.05, 0.1) is 0 Å². The number of likely N-dealkylation sites (tertiary alicyclic amines) is 1. The standard InChI is InChI=1S/C16H23ClN2O/c1-12-4-3-9-19(11-12)16(20)7-8-18-15-10-14(17)6-5-13(15)2/h5-6,10,12,18H,3-4,7-9,11H2,1-2H3. The molecule has 0 bridgehead atoms. The smallest absolute Gasteiger partial charge is 0.224 e. The van der Waals surface area contributed by atoms with Crippen molar-refractivity contribution in [1.82, 2.24) is 4.90 Å². The first-order chi connectivity index (χ1) is 9.56. The van der Waals surface area contributed by atoms with Gasteiger partial charge in [-0.25, -0.2) is 0 Å². The number of hydrogen-bond donors (Lipinski definition) is 1. The van der Waals surface area contributed by atoms with Crippen molar-refractivity contribution in [3.8, 4) is 0 Å².